The van der Waals surface area contributed by atoms with E-state index in [-0.39, 0.29) is 11.9 Å². The van der Waals surface area contributed by atoms with Crippen LogP contribution in [0.2, 0.25) is 0 Å². The Morgan fingerprint density at radius 3 is 3.07 bits per heavy atom. The van der Waals surface area contributed by atoms with E-state index >= 15 is 0 Å². The molecule has 5 nitrogen and oxygen atoms in total. The van der Waals surface area contributed by atoms with Crippen molar-refractivity contribution in [3.63, 3.8) is 0 Å². The quantitative estimate of drug-likeness (QED) is 0.732. The van der Waals surface area contributed by atoms with Crippen LogP contribution in [0.25, 0.3) is 0 Å². The number of anilines is 1. The van der Waals surface area contributed by atoms with Gasteiger partial charge in [-0.1, -0.05) is 0 Å². The summed E-state index contributed by atoms with van der Waals surface area (Å²) >= 11 is 0. The fourth-order valence-corrected chi connectivity index (χ4v) is 1.01. The number of rotatable bonds is 2. The lowest BCUT2D eigenvalue weighted by Crippen LogP contribution is -2.28. The van der Waals surface area contributed by atoms with Crippen LogP contribution in [0.3, 0.4) is 0 Å². The highest BCUT2D eigenvalue weighted by Gasteiger charge is 2.24. The highest BCUT2D eigenvalue weighted by Crippen LogP contribution is 2.20. The van der Waals surface area contributed by atoms with E-state index in [1.807, 2.05) is 0 Å². The Balaban J connectivity index is 1.95. The average molecular weight is 193 g/mol. The summed E-state index contributed by atoms with van der Waals surface area (Å²) in [4.78, 5) is 15.0. The summed E-state index contributed by atoms with van der Waals surface area (Å²) in [5, 5.41) is 2.69. The number of nitrogens with one attached hydrogen (secondary N) is 1. The van der Waals surface area contributed by atoms with Crippen LogP contribution in [0.15, 0.2) is 18.3 Å². The second kappa shape index (κ2) is 3.53. The minimum atomic E-state index is -0.466. The maximum atomic E-state index is 11.2. The molecule has 0 saturated heterocycles. The van der Waals surface area contributed by atoms with Crippen molar-refractivity contribution in [2.24, 2.45) is 0 Å². The van der Waals surface area contributed by atoms with Gasteiger partial charge in [-0.2, -0.15) is 0 Å². The molecule has 1 aliphatic carbocycles. The summed E-state index contributed by atoms with van der Waals surface area (Å²) in [5.74, 6) is 0.518. The number of nitrogens with two attached hydrogens (primary N) is 1. The van der Waals surface area contributed by atoms with Gasteiger partial charge in [0.15, 0.2) is 11.6 Å². The Hall–Kier alpha value is -1.78. The van der Waals surface area contributed by atoms with Crippen molar-refractivity contribution in [1.29, 1.82) is 0 Å². The van der Waals surface area contributed by atoms with Crippen LogP contribution in [-0.2, 0) is 0 Å². The van der Waals surface area contributed by atoms with Crippen molar-refractivity contribution < 1.29 is 9.53 Å². The van der Waals surface area contributed by atoms with Gasteiger partial charge in [-0.05, 0) is 25.0 Å². The second-order valence-corrected chi connectivity index (χ2v) is 3.19. The first-order valence-corrected chi connectivity index (χ1v) is 4.44. The molecule has 2 rings (SSSR count). The molecule has 1 fully saturated rings. The van der Waals surface area contributed by atoms with Crippen molar-refractivity contribution in [2.45, 2.75) is 18.9 Å². The van der Waals surface area contributed by atoms with E-state index in [9.17, 15) is 4.79 Å². The third-order valence-electron chi connectivity index (χ3n) is 1.90. The van der Waals surface area contributed by atoms with Gasteiger partial charge >= 0.3 is 6.09 Å². The average Bonchev–Trinajstić information content (AvgIpc) is 2.93. The molecule has 14 heavy (non-hydrogen) atoms. The molecular formula is C9H11N3O2. The third kappa shape index (κ3) is 2.12. The smallest absolute Gasteiger partial charge is 0.406 e. The Bertz CT molecular complexity index is 350. The van der Waals surface area contributed by atoms with Crippen LogP contribution >= 0.6 is 0 Å². The highest BCUT2D eigenvalue weighted by molar-refractivity contribution is 5.72. The van der Waals surface area contributed by atoms with Gasteiger partial charge < -0.3 is 15.8 Å². The molecule has 1 amide bonds. The summed E-state index contributed by atoms with van der Waals surface area (Å²) in [6, 6.07) is 3.55. The lowest BCUT2D eigenvalue weighted by Gasteiger charge is -2.06. The van der Waals surface area contributed by atoms with Crippen molar-refractivity contribution in [3.8, 4) is 5.75 Å². The van der Waals surface area contributed by atoms with Crippen molar-refractivity contribution in [2.75, 3.05) is 5.73 Å². The van der Waals surface area contributed by atoms with E-state index in [1.54, 1.807) is 18.3 Å². The molecule has 1 aromatic rings. The lowest BCUT2D eigenvalue weighted by atomic mass is 10.4. The van der Waals surface area contributed by atoms with E-state index in [2.05, 4.69) is 10.3 Å². The highest BCUT2D eigenvalue weighted by atomic mass is 16.6. The minimum absolute atomic E-state index is 0.221. The van der Waals surface area contributed by atoms with Gasteiger partial charge in [-0.3, -0.25) is 0 Å². The summed E-state index contributed by atoms with van der Waals surface area (Å²) in [6.07, 6.45) is 3.13. The number of nitrogens with zero attached hydrogens (tertiary/aromatic N) is 1. The Kier molecular flexibility index (Phi) is 2.22. The van der Waals surface area contributed by atoms with Crippen LogP contribution in [0.1, 0.15) is 12.8 Å². The predicted molar refractivity (Wildman–Crippen MR) is 50.8 cm³/mol. The molecule has 0 spiro atoms. The van der Waals surface area contributed by atoms with E-state index in [1.165, 1.54) is 0 Å². The molecule has 0 aromatic carbocycles. The molecule has 1 heterocycles. The standard InChI is InChI=1S/C9H11N3O2/c10-8-7(2-1-5-11-8)14-9(13)12-6-3-4-6/h1-2,5-6H,3-4H2,(H2,10,11)(H,12,13). The molecule has 3 N–H and O–H groups in total. The number of nitrogen functional groups attached to an aromatic ring is 1. The zero-order chi connectivity index (χ0) is 9.97. The van der Waals surface area contributed by atoms with Crippen LogP contribution in [0, 0.1) is 0 Å². The molecule has 0 bridgehead atoms. The van der Waals surface area contributed by atoms with Gasteiger partial charge in [0.05, 0.1) is 0 Å². The number of pyridine rings is 1. The molecule has 1 saturated carbocycles. The topological polar surface area (TPSA) is 77.2 Å². The van der Waals surface area contributed by atoms with Crippen LogP contribution < -0.4 is 15.8 Å². The van der Waals surface area contributed by atoms with E-state index in [0.29, 0.717) is 5.75 Å². The Morgan fingerprint density at radius 2 is 2.43 bits per heavy atom. The largest absolute Gasteiger partial charge is 0.412 e. The summed E-state index contributed by atoms with van der Waals surface area (Å²) in [5.41, 5.74) is 5.50. The number of carbonyl (C=O) groups excluding carboxylic acids is 1. The molecular weight excluding hydrogens is 182 g/mol. The van der Waals surface area contributed by atoms with Crippen molar-refractivity contribution in [3.05, 3.63) is 18.3 Å². The number of carbonyl (C=O) groups is 1. The molecule has 1 aliphatic rings. The summed E-state index contributed by atoms with van der Waals surface area (Å²) in [6.45, 7) is 0. The maximum absolute atomic E-state index is 11.2. The summed E-state index contributed by atoms with van der Waals surface area (Å²) < 4.78 is 4.96. The van der Waals surface area contributed by atoms with Gasteiger partial charge in [-0.15, -0.1) is 0 Å². The number of amides is 1. The maximum Gasteiger partial charge on any atom is 0.412 e. The van der Waals surface area contributed by atoms with Gasteiger partial charge in [0, 0.05) is 12.2 Å². The first-order valence-electron chi connectivity index (χ1n) is 4.44. The fraction of sp³-hybridized carbons (Fsp3) is 0.333. The van der Waals surface area contributed by atoms with Crippen molar-refractivity contribution in [1.82, 2.24) is 10.3 Å². The molecule has 0 aliphatic heterocycles. The number of hydrogen-bond donors (Lipinski definition) is 2. The van der Waals surface area contributed by atoms with E-state index in [0.717, 1.165) is 12.8 Å². The fourth-order valence-electron chi connectivity index (χ4n) is 1.01. The first kappa shape index (κ1) is 8.80. The van der Waals surface area contributed by atoms with Crippen LogP contribution in [0.4, 0.5) is 10.6 Å². The SMILES string of the molecule is Nc1ncccc1OC(=O)NC1CC1. The molecule has 0 atom stereocenters. The molecule has 0 radical (unpaired) electrons. The second-order valence-electron chi connectivity index (χ2n) is 3.19. The zero-order valence-electron chi connectivity index (χ0n) is 7.56. The van der Waals surface area contributed by atoms with Gasteiger partial charge in [0.25, 0.3) is 0 Å². The van der Waals surface area contributed by atoms with Crippen LogP contribution in [-0.4, -0.2) is 17.1 Å². The summed E-state index contributed by atoms with van der Waals surface area (Å²) in [7, 11) is 0. The normalized spacial score (nSPS) is 14.9. The lowest BCUT2D eigenvalue weighted by molar-refractivity contribution is 0.200. The molecule has 5 heteroatoms. The molecule has 0 unspecified atom stereocenters. The number of aromatic nitrogens is 1. The van der Waals surface area contributed by atoms with Gasteiger partial charge in [0.2, 0.25) is 0 Å². The molecule has 74 valence electrons. The minimum Gasteiger partial charge on any atom is -0.406 e. The third-order valence-corrected chi connectivity index (χ3v) is 1.90. The van der Waals surface area contributed by atoms with Gasteiger partial charge in [0.1, 0.15) is 0 Å². The monoisotopic (exact) mass is 193 g/mol. The van der Waals surface area contributed by atoms with E-state index < -0.39 is 6.09 Å². The zero-order valence-corrected chi connectivity index (χ0v) is 7.56. The molecule has 1 aromatic heterocycles. The van der Waals surface area contributed by atoms with Gasteiger partial charge in [-0.25, -0.2) is 9.78 Å². The Morgan fingerprint density at radius 1 is 1.64 bits per heavy atom. The van der Waals surface area contributed by atoms with Crippen molar-refractivity contribution >= 4 is 11.9 Å². The predicted octanol–water partition coefficient (Wildman–Crippen LogP) is 0.915. The number of ether oxygens (including phenoxy) is 1. The first-order chi connectivity index (χ1) is 6.75. The van der Waals surface area contributed by atoms with E-state index in [4.69, 9.17) is 10.5 Å². The number of hydrogen-bond acceptors (Lipinski definition) is 4. The van der Waals surface area contributed by atoms with Crippen LogP contribution in [0.5, 0.6) is 5.75 Å². The Labute approximate surface area is 81.3 Å².